The number of benzene rings is 1. The van der Waals surface area contributed by atoms with Crippen LogP contribution in [0, 0.1) is 5.92 Å². The van der Waals surface area contributed by atoms with Gasteiger partial charge in [-0.2, -0.15) is 0 Å². The molecular weight excluding hydrogens is 249 g/mol. The van der Waals surface area contributed by atoms with Crippen LogP contribution in [-0.4, -0.2) is 4.99 Å². The van der Waals surface area contributed by atoms with E-state index >= 15 is 0 Å². The van der Waals surface area contributed by atoms with Crippen LogP contribution in [0.5, 0.6) is 0 Å². The van der Waals surface area contributed by atoms with Crippen LogP contribution < -0.4 is 5.73 Å². The lowest BCUT2D eigenvalue weighted by atomic mass is 9.89. The summed E-state index contributed by atoms with van der Waals surface area (Å²) >= 11 is 17.0. The van der Waals surface area contributed by atoms with Crippen molar-refractivity contribution in [2.45, 2.75) is 19.8 Å². The van der Waals surface area contributed by atoms with E-state index in [2.05, 4.69) is 0 Å². The Morgan fingerprint density at radius 1 is 1.33 bits per heavy atom. The highest BCUT2D eigenvalue weighted by atomic mass is 35.5. The van der Waals surface area contributed by atoms with Gasteiger partial charge in [0.25, 0.3) is 0 Å². The SMILES string of the molecule is CC(C(N)=S)C(C)c1cccc(Cl)c1Cl. The van der Waals surface area contributed by atoms with Crippen molar-refractivity contribution in [2.24, 2.45) is 11.7 Å². The molecule has 0 spiro atoms. The highest BCUT2D eigenvalue weighted by Gasteiger charge is 2.19. The van der Waals surface area contributed by atoms with Crippen molar-refractivity contribution < 1.29 is 0 Å². The smallest absolute Gasteiger partial charge is 0.0761 e. The summed E-state index contributed by atoms with van der Waals surface area (Å²) in [4.78, 5) is 0.499. The van der Waals surface area contributed by atoms with Crippen molar-refractivity contribution in [1.82, 2.24) is 0 Å². The number of thiocarbonyl (C=S) groups is 1. The van der Waals surface area contributed by atoms with Gasteiger partial charge < -0.3 is 5.73 Å². The van der Waals surface area contributed by atoms with Crippen molar-refractivity contribution in [3.05, 3.63) is 33.8 Å². The fraction of sp³-hybridized carbons (Fsp3) is 0.364. The first-order chi connectivity index (χ1) is 6.95. The van der Waals surface area contributed by atoms with E-state index in [0.29, 0.717) is 15.0 Å². The number of hydrogen-bond acceptors (Lipinski definition) is 1. The summed E-state index contributed by atoms with van der Waals surface area (Å²) in [5, 5.41) is 1.16. The van der Waals surface area contributed by atoms with Gasteiger partial charge in [0.05, 0.1) is 15.0 Å². The van der Waals surface area contributed by atoms with Crippen LogP contribution in [0.25, 0.3) is 0 Å². The molecule has 0 aliphatic heterocycles. The maximum atomic E-state index is 6.12. The predicted octanol–water partition coefficient (Wildman–Crippen LogP) is 4.02. The Balaban J connectivity index is 3.06. The lowest BCUT2D eigenvalue weighted by molar-refractivity contribution is 0.627. The summed E-state index contributed by atoms with van der Waals surface area (Å²) in [6, 6.07) is 5.60. The van der Waals surface area contributed by atoms with E-state index in [0.717, 1.165) is 5.56 Å². The molecule has 0 aliphatic carbocycles. The monoisotopic (exact) mass is 261 g/mol. The number of halogens is 2. The fourth-order valence-corrected chi connectivity index (χ4v) is 2.07. The minimum absolute atomic E-state index is 0.107. The summed E-state index contributed by atoms with van der Waals surface area (Å²) in [5.74, 6) is 0.282. The molecule has 0 heterocycles. The van der Waals surface area contributed by atoms with Crippen molar-refractivity contribution in [3.8, 4) is 0 Å². The van der Waals surface area contributed by atoms with E-state index in [1.165, 1.54) is 0 Å². The molecule has 0 amide bonds. The molecule has 0 bridgehead atoms. The summed E-state index contributed by atoms with van der Waals surface area (Å²) in [6.07, 6.45) is 0. The molecule has 0 radical (unpaired) electrons. The summed E-state index contributed by atoms with van der Waals surface area (Å²) in [7, 11) is 0. The molecular formula is C11H13Cl2NS. The quantitative estimate of drug-likeness (QED) is 0.832. The van der Waals surface area contributed by atoms with Crippen LogP contribution in [0.3, 0.4) is 0 Å². The van der Waals surface area contributed by atoms with Crippen LogP contribution in [-0.2, 0) is 0 Å². The molecule has 1 rings (SSSR count). The van der Waals surface area contributed by atoms with E-state index in [-0.39, 0.29) is 11.8 Å². The third-order valence-electron chi connectivity index (χ3n) is 2.67. The van der Waals surface area contributed by atoms with Gasteiger partial charge >= 0.3 is 0 Å². The number of nitrogens with two attached hydrogens (primary N) is 1. The Hall–Kier alpha value is -0.310. The molecule has 82 valence electrons. The lowest BCUT2D eigenvalue weighted by Gasteiger charge is -2.20. The largest absolute Gasteiger partial charge is 0.393 e. The van der Waals surface area contributed by atoms with Crippen molar-refractivity contribution in [3.63, 3.8) is 0 Å². The molecule has 2 unspecified atom stereocenters. The summed E-state index contributed by atoms with van der Waals surface area (Å²) < 4.78 is 0. The zero-order chi connectivity index (χ0) is 11.6. The average molecular weight is 262 g/mol. The molecule has 4 heteroatoms. The van der Waals surface area contributed by atoms with Crippen LogP contribution in [0.15, 0.2) is 18.2 Å². The van der Waals surface area contributed by atoms with Gasteiger partial charge in [-0.3, -0.25) is 0 Å². The van der Waals surface area contributed by atoms with Gasteiger partial charge in [-0.05, 0) is 17.5 Å². The first kappa shape index (κ1) is 12.8. The van der Waals surface area contributed by atoms with E-state index in [1.54, 1.807) is 6.07 Å². The van der Waals surface area contributed by atoms with Gasteiger partial charge in [0.2, 0.25) is 0 Å². The Labute approximate surface area is 106 Å². The molecule has 2 N–H and O–H groups in total. The first-order valence-electron chi connectivity index (χ1n) is 4.68. The normalized spacial score (nSPS) is 14.7. The van der Waals surface area contributed by atoms with Crippen molar-refractivity contribution >= 4 is 40.4 Å². The minimum Gasteiger partial charge on any atom is -0.393 e. The molecule has 0 aromatic heterocycles. The van der Waals surface area contributed by atoms with Gasteiger partial charge in [0.1, 0.15) is 0 Å². The summed E-state index contributed by atoms with van der Waals surface area (Å²) in [6.45, 7) is 4.03. The topological polar surface area (TPSA) is 26.0 Å². The third kappa shape index (κ3) is 2.83. The maximum absolute atomic E-state index is 6.12. The second-order valence-electron chi connectivity index (χ2n) is 3.62. The lowest BCUT2D eigenvalue weighted by Crippen LogP contribution is -2.23. The number of hydrogen-bond donors (Lipinski definition) is 1. The minimum atomic E-state index is 0.107. The Kier molecular flexibility index (Phi) is 4.38. The fourth-order valence-electron chi connectivity index (χ4n) is 1.39. The van der Waals surface area contributed by atoms with E-state index in [9.17, 15) is 0 Å². The van der Waals surface area contributed by atoms with Gasteiger partial charge in [0, 0.05) is 5.92 Å². The van der Waals surface area contributed by atoms with Gasteiger partial charge in [-0.15, -0.1) is 0 Å². The standard InChI is InChI=1S/C11H13Cl2NS/c1-6(7(2)11(14)15)8-4-3-5-9(12)10(8)13/h3-7H,1-2H3,(H2,14,15). The number of rotatable bonds is 3. The second kappa shape index (κ2) is 5.15. The molecule has 15 heavy (non-hydrogen) atoms. The van der Waals surface area contributed by atoms with Crippen LogP contribution in [0.4, 0.5) is 0 Å². The van der Waals surface area contributed by atoms with Crippen LogP contribution in [0.1, 0.15) is 25.3 Å². The molecule has 0 saturated carbocycles. The molecule has 1 nitrogen and oxygen atoms in total. The molecule has 1 aromatic carbocycles. The van der Waals surface area contributed by atoms with Gasteiger partial charge in [-0.25, -0.2) is 0 Å². The Morgan fingerprint density at radius 2 is 1.93 bits per heavy atom. The zero-order valence-corrected chi connectivity index (χ0v) is 11.0. The van der Waals surface area contributed by atoms with Crippen LogP contribution in [0.2, 0.25) is 10.0 Å². The molecule has 2 atom stereocenters. The predicted molar refractivity (Wildman–Crippen MR) is 70.8 cm³/mol. The van der Waals surface area contributed by atoms with E-state index in [1.807, 2.05) is 26.0 Å². The zero-order valence-electron chi connectivity index (χ0n) is 8.63. The third-order valence-corrected chi connectivity index (χ3v) is 3.88. The maximum Gasteiger partial charge on any atom is 0.0761 e. The summed E-state index contributed by atoms with van der Waals surface area (Å²) in [5.41, 5.74) is 6.61. The Bertz CT molecular complexity index is 379. The van der Waals surface area contributed by atoms with E-state index in [4.69, 9.17) is 41.2 Å². The Morgan fingerprint density at radius 3 is 2.47 bits per heavy atom. The first-order valence-corrected chi connectivity index (χ1v) is 5.84. The van der Waals surface area contributed by atoms with E-state index < -0.39 is 0 Å². The van der Waals surface area contributed by atoms with Gasteiger partial charge in [0.15, 0.2) is 0 Å². The molecule has 1 aromatic rings. The van der Waals surface area contributed by atoms with Crippen molar-refractivity contribution in [1.29, 1.82) is 0 Å². The highest BCUT2D eigenvalue weighted by Crippen LogP contribution is 2.34. The second-order valence-corrected chi connectivity index (χ2v) is 4.88. The average Bonchev–Trinajstić information content (AvgIpc) is 2.20. The van der Waals surface area contributed by atoms with Crippen molar-refractivity contribution in [2.75, 3.05) is 0 Å². The highest BCUT2D eigenvalue weighted by molar-refractivity contribution is 7.80. The molecule has 0 fully saturated rings. The van der Waals surface area contributed by atoms with Crippen LogP contribution >= 0.6 is 35.4 Å². The molecule has 0 aliphatic rings. The molecule has 0 saturated heterocycles. The van der Waals surface area contributed by atoms with Gasteiger partial charge in [-0.1, -0.05) is 61.4 Å².